The van der Waals surface area contributed by atoms with E-state index in [0.29, 0.717) is 12.0 Å². The third kappa shape index (κ3) is 7.12. The number of nitrogens with zero attached hydrogens (tertiary/aromatic N) is 2. The topological polar surface area (TPSA) is 52.8 Å². The molecule has 1 fully saturated rings. The lowest BCUT2D eigenvalue weighted by Gasteiger charge is -2.35. The molecule has 1 atom stereocenters. The van der Waals surface area contributed by atoms with E-state index in [0.717, 1.165) is 31.2 Å². The van der Waals surface area contributed by atoms with Gasteiger partial charge in [0.25, 0.3) is 0 Å². The summed E-state index contributed by atoms with van der Waals surface area (Å²) in [5, 5.41) is 6.81. The Hall–Kier alpha value is -0.760. The fraction of sp³-hybridized carbons (Fsp3) is 0.706. The van der Waals surface area contributed by atoms with Crippen LogP contribution in [0.5, 0.6) is 0 Å². The first kappa shape index (κ1) is 20.3. The molecule has 2 heterocycles. The molecule has 1 saturated heterocycles. The van der Waals surface area contributed by atoms with Crippen molar-refractivity contribution in [3.63, 3.8) is 0 Å². The van der Waals surface area contributed by atoms with Crippen LogP contribution in [-0.2, 0) is 6.42 Å². The van der Waals surface area contributed by atoms with Gasteiger partial charge >= 0.3 is 0 Å². The quantitative estimate of drug-likeness (QED) is 0.411. The Kier molecular flexibility index (Phi) is 9.62. The molecule has 1 aromatic rings. The van der Waals surface area contributed by atoms with Crippen LogP contribution in [-0.4, -0.2) is 50.1 Å². The molecule has 5 nitrogen and oxygen atoms in total. The standard InChI is InChI=1S/C17H30N4O.HI/c1-14(2)21-10-4-6-15(13-21)12-20-17(18-3)19-9-8-16-7-5-11-22-16;/h5,7,11,14-15H,4,6,8-10,12-13H2,1-3H3,(H2,18,19,20);1H. The maximum Gasteiger partial charge on any atom is 0.191 e. The second kappa shape index (κ2) is 10.9. The largest absolute Gasteiger partial charge is 0.469 e. The number of piperidine rings is 1. The molecular formula is C17H31IN4O. The Balaban J connectivity index is 0.00000264. The molecule has 0 aromatic carbocycles. The molecule has 2 N–H and O–H groups in total. The molecule has 0 amide bonds. The fourth-order valence-corrected chi connectivity index (χ4v) is 2.95. The minimum absolute atomic E-state index is 0. The van der Waals surface area contributed by atoms with Gasteiger partial charge in [-0.05, 0) is 51.3 Å². The van der Waals surface area contributed by atoms with E-state index >= 15 is 0 Å². The van der Waals surface area contributed by atoms with Gasteiger partial charge in [-0.1, -0.05) is 0 Å². The SMILES string of the molecule is CN=C(NCCc1ccco1)NCC1CCCN(C(C)C)C1.I. The summed E-state index contributed by atoms with van der Waals surface area (Å²) < 4.78 is 5.33. The number of halogens is 1. The Labute approximate surface area is 157 Å². The molecule has 0 aliphatic carbocycles. The van der Waals surface area contributed by atoms with Crippen molar-refractivity contribution >= 4 is 29.9 Å². The lowest BCUT2D eigenvalue weighted by Crippen LogP contribution is -2.46. The van der Waals surface area contributed by atoms with Gasteiger partial charge in [0.1, 0.15) is 5.76 Å². The van der Waals surface area contributed by atoms with Gasteiger partial charge in [-0.3, -0.25) is 4.99 Å². The smallest absolute Gasteiger partial charge is 0.191 e. The van der Waals surface area contributed by atoms with Gasteiger partial charge in [-0.25, -0.2) is 0 Å². The zero-order valence-corrected chi connectivity index (χ0v) is 16.9. The van der Waals surface area contributed by atoms with E-state index in [1.807, 2.05) is 19.2 Å². The molecular weight excluding hydrogens is 403 g/mol. The van der Waals surface area contributed by atoms with Gasteiger partial charge in [0.2, 0.25) is 0 Å². The monoisotopic (exact) mass is 434 g/mol. The second-order valence-corrected chi connectivity index (χ2v) is 6.31. The number of aliphatic imine (C=N–C) groups is 1. The highest BCUT2D eigenvalue weighted by Gasteiger charge is 2.21. The molecule has 23 heavy (non-hydrogen) atoms. The van der Waals surface area contributed by atoms with Gasteiger partial charge in [0.15, 0.2) is 5.96 Å². The van der Waals surface area contributed by atoms with E-state index in [4.69, 9.17) is 4.42 Å². The van der Waals surface area contributed by atoms with Crippen LogP contribution in [0.15, 0.2) is 27.8 Å². The zero-order chi connectivity index (χ0) is 15.8. The normalized spacial score (nSPS) is 19.5. The van der Waals surface area contributed by atoms with Crippen molar-refractivity contribution in [1.29, 1.82) is 0 Å². The molecule has 132 valence electrons. The first-order valence-electron chi connectivity index (χ1n) is 8.40. The summed E-state index contributed by atoms with van der Waals surface area (Å²) in [5.41, 5.74) is 0. The minimum atomic E-state index is 0. The van der Waals surface area contributed by atoms with Crippen molar-refractivity contribution in [3.05, 3.63) is 24.2 Å². The van der Waals surface area contributed by atoms with E-state index in [9.17, 15) is 0 Å². The lowest BCUT2D eigenvalue weighted by molar-refractivity contribution is 0.141. The summed E-state index contributed by atoms with van der Waals surface area (Å²) in [6.07, 6.45) is 5.19. The molecule has 1 aromatic heterocycles. The summed E-state index contributed by atoms with van der Waals surface area (Å²) in [6, 6.07) is 4.57. The lowest BCUT2D eigenvalue weighted by atomic mass is 9.97. The molecule has 1 unspecified atom stereocenters. The summed E-state index contributed by atoms with van der Waals surface area (Å²) in [7, 11) is 1.82. The number of hydrogen-bond donors (Lipinski definition) is 2. The fourth-order valence-electron chi connectivity index (χ4n) is 2.95. The molecule has 0 radical (unpaired) electrons. The average molecular weight is 434 g/mol. The van der Waals surface area contributed by atoms with E-state index in [1.54, 1.807) is 6.26 Å². The predicted molar refractivity (Wildman–Crippen MR) is 107 cm³/mol. The van der Waals surface area contributed by atoms with Gasteiger partial charge in [0.05, 0.1) is 6.26 Å². The number of nitrogens with one attached hydrogen (secondary N) is 2. The van der Waals surface area contributed by atoms with Crippen molar-refractivity contribution in [2.24, 2.45) is 10.9 Å². The molecule has 1 aliphatic heterocycles. The Morgan fingerprint density at radius 3 is 2.91 bits per heavy atom. The maximum atomic E-state index is 5.33. The summed E-state index contributed by atoms with van der Waals surface area (Å²) in [4.78, 5) is 6.87. The van der Waals surface area contributed by atoms with Gasteiger partial charge in [0, 0.05) is 39.1 Å². The van der Waals surface area contributed by atoms with Crippen molar-refractivity contribution < 1.29 is 4.42 Å². The minimum Gasteiger partial charge on any atom is -0.469 e. The van der Waals surface area contributed by atoms with E-state index in [2.05, 4.69) is 34.4 Å². The first-order chi connectivity index (χ1) is 10.7. The number of rotatable bonds is 6. The Morgan fingerprint density at radius 1 is 1.43 bits per heavy atom. The van der Waals surface area contributed by atoms with Crippen molar-refractivity contribution in [2.75, 3.05) is 33.2 Å². The van der Waals surface area contributed by atoms with Crippen LogP contribution >= 0.6 is 24.0 Å². The molecule has 2 rings (SSSR count). The van der Waals surface area contributed by atoms with Crippen LogP contribution in [0.3, 0.4) is 0 Å². The highest BCUT2D eigenvalue weighted by Crippen LogP contribution is 2.17. The van der Waals surface area contributed by atoms with Crippen molar-refractivity contribution in [3.8, 4) is 0 Å². The Morgan fingerprint density at radius 2 is 2.26 bits per heavy atom. The van der Waals surface area contributed by atoms with Crippen LogP contribution < -0.4 is 10.6 Å². The molecule has 6 heteroatoms. The van der Waals surface area contributed by atoms with Crippen molar-refractivity contribution in [1.82, 2.24) is 15.5 Å². The summed E-state index contributed by atoms with van der Waals surface area (Å²) in [5.74, 6) is 2.59. The van der Waals surface area contributed by atoms with E-state index in [1.165, 1.54) is 25.9 Å². The number of furan rings is 1. The Bertz CT molecular complexity index is 447. The predicted octanol–water partition coefficient (Wildman–Crippen LogP) is 2.73. The van der Waals surface area contributed by atoms with Crippen LogP contribution in [0.25, 0.3) is 0 Å². The third-order valence-electron chi connectivity index (χ3n) is 4.31. The van der Waals surface area contributed by atoms with Gasteiger partial charge in [-0.15, -0.1) is 24.0 Å². The van der Waals surface area contributed by atoms with Crippen LogP contribution in [0.2, 0.25) is 0 Å². The molecule has 0 bridgehead atoms. The first-order valence-corrected chi connectivity index (χ1v) is 8.40. The number of guanidine groups is 1. The third-order valence-corrected chi connectivity index (χ3v) is 4.31. The summed E-state index contributed by atoms with van der Waals surface area (Å²) in [6.45, 7) is 8.81. The number of hydrogen-bond acceptors (Lipinski definition) is 3. The van der Waals surface area contributed by atoms with E-state index < -0.39 is 0 Å². The maximum absolute atomic E-state index is 5.33. The van der Waals surface area contributed by atoms with Gasteiger partial charge in [-0.2, -0.15) is 0 Å². The molecule has 1 aliphatic rings. The highest BCUT2D eigenvalue weighted by atomic mass is 127. The highest BCUT2D eigenvalue weighted by molar-refractivity contribution is 14.0. The zero-order valence-electron chi connectivity index (χ0n) is 14.5. The van der Waals surface area contributed by atoms with Crippen LogP contribution in [0.4, 0.5) is 0 Å². The number of likely N-dealkylation sites (tertiary alicyclic amines) is 1. The molecule has 0 spiro atoms. The average Bonchev–Trinajstić information content (AvgIpc) is 3.04. The van der Waals surface area contributed by atoms with Crippen LogP contribution in [0.1, 0.15) is 32.4 Å². The van der Waals surface area contributed by atoms with Crippen LogP contribution in [0, 0.1) is 5.92 Å². The second-order valence-electron chi connectivity index (χ2n) is 6.31. The van der Waals surface area contributed by atoms with E-state index in [-0.39, 0.29) is 24.0 Å². The van der Waals surface area contributed by atoms with Crippen molar-refractivity contribution in [2.45, 2.75) is 39.2 Å². The summed E-state index contributed by atoms with van der Waals surface area (Å²) >= 11 is 0. The molecule has 0 saturated carbocycles. The van der Waals surface area contributed by atoms with Gasteiger partial charge < -0.3 is 20.0 Å².